The fraction of sp³-hybridized carbons (Fsp3) is 0.391. The van der Waals surface area contributed by atoms with Gasteiger partial charge in [-0.15, -0.1) is 0 Å². The summed E-state index contributed by atoms with van der Waals surface area (Å²) in [6.45, 7) is 9.05. The van der Waals surface area contributed by atoms with Gasteiger partial charge in [-0.25, -0.2) is 4.68 Å². The molecule has 1 aliphatic heterocycles. The van der Waals surface area contributed by atoms with E-state index < -0.39 is 17.3 Å². The lowest BCUT2D eigenvalue weighted by molar-refractivity contribution is -0.144. The molecule has 0 amide bonds. The summed E-state index contributed by atoms with van der Waals surface area (Å²) in [6.07, 6.45) is 0.616. The predicted octanol–water partition coefficient (Wildman–Crippen LogP) is 4.60. The standard InChI is InChI=1S/C23H25F3N4O/c1-4-29-13-17(16(3)27-29)12-28-9-5-6-18(28)14-30-20-8-7-15(2)10-19(20)21(31)11-22(30)23(24,25)26/h4,7-8,10-11,13,18H,1,5-6,9,12,14H2,2-3H3/t18-/m0/s1. The highest BCUT2D eigenvalue weighted by Gasteiger charge is 2.36. The monoisotopic (exact) mass is 430 g/mol. The number of likely N-dealkylation sites (tertiary alicyclic amines) is 1. The molecule has 1 saturated heterocycles. The van der Waals surface area contributed by atoms with Crippen LogP contribution in [-0.4, -0.2) is 31.8 Å². The topological polar surface area (TPSA) is 43.1 Å². The first-order valence-electron chi connectivity index (χ1n) is 10.3. The number of hydrogen-bond donors (Lipinski definition) is 0. The second-order valence-electron chi connectivity index (χ2n) is 8.19. The van der Waals surface area contributed by atoms with Gasteiger partial charge in [0.05, 0.1) is 11.2 Å². The molecule has 1 aliphatic rings. The number of hydrogen-bond acceptors (Lipinski definition) is 3. The summed E-state index contributed by atoms with van der Waals surface area (Å²) in [5.74, 6) is 0. The molecule has 1 atom stereocenters. The van der Waals surface area contributed by atoms with Crippen molar-refractivity contribution in [1.29, 1.82) is 0 Å². The van der Waals surface area contributed by atoms with E-state index in [4.69, 9.17) is 0 Å². The Morgan fingerprint density at radius 3 is 2.71 bits per heavy atom. The maximum Gasteiger partial charge on any atom is 0.431 e. The van der Waals surface area contributed by atoms with Crippen molar-refractivity contribution < 1.29 is 13.2 Å². The molecule has 164 valence electrons. The third-order valence-electron chi connectivity index (χ3n) is 6.03. The zero-order chi connectivity index (χ0) is 22.3. The van der Waals surface area contributed by atoms with Crippen molar-refractivity contribution in [3.05, 3.63) is 69.8 Å². The number of benzene rings is 1. The van der Waals surface area contributed by atoms with Crippen LogP contribution in [-0.2, 0) is 19.3 Å². The Balaban J connectivity index is 1.72. The minimum atomic E-state index is -4.61. The molecule has 8 heteroatoms. The average Bonchev–Trinajstić information content (AvgIpc) is 3.29. The van der Waals surface area contributed by atoms with E-state index in [1.165, 1.54) is 4.57 Å². The number of fused-ring (bicyclic) bond motifs is 1. The largest absolute Gasteiger partial charge is 0.431 e. The molecule has 0 spiro atoms. The third-order valence-corrected chi connectivity index (χ3v) is 6.03. The van der Waals surface area contributed by atoms with Gasteiger partial charge >= 0.3 is 6.18 Å². The van der Waals surface area contributed by atoms with E-state index in [1.54, 1.807) is 29.1 Å². The first-order valence-corrected chi connectivity index (χ1v) is 10.3. The Bertz CT molecular complexity index is 1190. The van der Waals surface area contributed by atoms with Gasteiger partial charge in [0.1, 0.15) is 5.69 Å². The smallest absolute Gasteiger partial charge is 0.335 e. The van der Waals surface area contributed by atoms with E-state index in [9.17, 15) is 18.0 Å². The van der Waals surface area contributed by atoms with Crippen LogP contribution in [0.3, 0.4) is 0 Å². The molecule has 5 nitrogen and oxygen atoms in total. The number of aromatic nitrogens is 3. The van der Waals surface area contributed by atoms with Crippen molar-refractivity contribution in [1.82, 2.24) is 19.2 Å². The number of rotatable bonds is 5. The lowest BCUT2D eigenvalue weighted by Gasteiger charge is -2.28. The van der Waals surface area contributed by atoms with Gasteiger partial charge in [0.2, 0.25) is 0 Å². The molecule has 0 aliphatic carbocycles. The van der Waals surface area contributed by atoms with Gasteiger partial charge in [-0.05, 0) is 45.4 Å². The van der Waals surface area contributed by atoms with Gasteiger partial charge in [0.15, 0.2) is 5.43 Å². The Kier molecular flexibility index (Phi) is 5.51. The molecule has 1 aromatic carbocycles. The Labute approximate surface area is 178 Å². The quantitative estimate of drug-likeness (QED) is 0.594. The summed E-state index contributed by atoms with van der Waals surface area (Å²) < 4.78 is 44.5. The zero-order valence-electron chi connectivity index (χ0n) is 17.6. The van der Waals surface area contributed by atoms with Crippen LogP contribution in [0.5, 0.6) is 0 Å². The third kappa shape index (κ3) is 4.17. The number of aryl methyl sites for hydroxylation is 2. The van der Waals surface area contributed by atoms with Gasteiger partial charge in [-0.3, -0.25) is 9.69 Å². The fourth-order valence-corrected chi connectivity index (χ4v) is 4.43. The number of pyridine rings is 1. The number of nitrogens with zero attached hydrogens (tertiary/aromatic N) is 4. The molecule has 1 fully saturated rings. The molecule has 2 aromatic heterocycles. The molecule has 0 N–H and O–H groups in total. The first kappa shape index (κ1) is 21.4. The second kappa shape index (κ2) is 8.00. The highest BCUT2D eigenvalue weighted by molar-refractivity contribution is 5.80. The SMILES string of the molecule is C=Cn1cc(CN2CCC[C@H]2Cn2c(C(F)(F)F)cc(=O)c3cc(C)ccc32)c(C)n1. The van der Waals surface area contributed by atoms with E-state index >= 15 is 0 Å². The van der Waals surface area contributed by atoms with Crippen LogP contribution in [0.2, 0.25) is 0 Å². The summed E-state index contributed by atoms with van der Waals surface area (Å²) in [4.78, 5) is 14.6. The van der Waals surface area contributed by atoms with Gasteiger partial charge in [-0.2, -0.15) is 18.3 Å². The number of alkyl halides is 3. The normalized spacial score (nSPS) is 17.5. The molecular weight excluding hydrogens is 405 g/mol. The molecule has 0 radical (unpaired) electrons. The fourth-order valence-electron chi connectivity index (χ4n) is 4.43. The van der Waals surface area contributed by atoms with Crippen LogP contribution >= 0.6 is 0 Å². The second-order valence-corrected chi connectivity index (χ2v) is 8.19. The van der Waals surface area contributed by atoms with Crippen molar-refractivity contribution in [3.63, 3.8) is 0 Å². The van der Waals surface area contributed by atoms with E-state index in [0.29, 0.717) is 17.4 Å². The molecule has 4 rings (SSSR count). The van der Waals surface area contributed by atoms with Gasteiger partial charge in [-0.1, -0.05) is 18.2 Å². The summed E-state index contributed by atoms with van der Waals surface area (Å²) >= 11 is 0. The zero-order valence-corrected chi connectivity index (χ0v) is 17.6. The maximum absolute atomic E-state index is 13.9. The minimum Gasteiger partial charge on any atom is -0.335 e. The Morgan fingerprint density at radius 2 is 2.03 bits per heavy atom. The molecular formula is C23H25F3N4O. The van der Waals surface area contributed by atoms with Crippen LogP contribution in [0.15, 0.2) is 41.8 Å². The van der Waals surface area contributed by atoms with Gasteiger partial charge < -0.3 is 4.57 Å². The van der Waals surface area contributed by atoms with E-state index in [0.717, 1.165) is 42.3 Å². The van der Waals surface area contributed by atoms with Crippen molar-refractivity contribution >= 4 is 17.1 Å². The summed E-state index contributed by atoms with van der Waals surface area (Å²) in [6, 6.07) is 5.70. The first-order chi connectivity index (χ1) is 14.7. The average molecular weight is 430 g/mol. The molecule has 3 aromatic rings. The number of halogens is 3. The minimum absolute atomic E-state index is 0.0698. The van der Waals surface area contributed by atoms with E-state index in [1.807, 2.05) is 20.0 Å². The van der Waals surface area contributed by atoms with E-state index in [2.05, 4.69) is 16.6 Å². The van der Waals surface area contributed by atoms with Crippen LogP contribution < -0.4 is 5.43 Å². The Hall–Kier alpha value is -2.87. The van der Waals surface area contributed by atoms with Crippen molar-refractivity contribution in [3.8, 4) is 0 Å². The van der Waals surface area contributed by atoms with Gasteiger partial charge in [0.25, 0.3) is 0 Å². The predicted molar refractivity (Wildman–Crippen MR) is 115 cm³/mol. The lowest BCUT2D eigenvalue weighted by atomic mass is 10.1. The molecule has 0 bridgehead atoms. The van der Waals surface area contributed by atoms with Crippen LogP contribution in [0.4, 0.5) is 13.2 Å². The highest BCUT2D eigenvalue weighted by atomic mass is 19.4. The van der Waals surface area contributed by atoms with Crippen LogP contribution in [0, 0.1) is 13.8 Å². The molecule has 3 heterocycles. The van der Waals surface area contributed by atoms with Gasteiger partial charge in [0, 0.05) is 48.5 Å². The van der Waals surface area contributed by atoms with Crippen molar-refractivity contribution in [2.45, 2.75) is 52.0 Å². The van der Waals surface area contributed by atoms with Crippen LogP contribution in [0.25, 0.3) is 17.1 Å². The maximum atomic E-state index is 13.9. The summed E-state index contributed by atoms with van der Waals surface area (Å²) in [5, 5.41) is 4.69. The van der Waals surface area contributed by atoms with E-state index in [-0.39, 0.29) is 12.6 Å². The summed E-state index contributed by atoms with van der Waals surface area (Å²) in [5.41, 5.74) is 1.59. The summed E-state index contributed by atoms with van der Waals surface area (Å²) in [7, 11) is 0. The van der Waals surface area contributed by atoms with Crippen molar-refractivity contribution in [2.75, 3.05) is 6.54 Å². The molecule has 0 unspecified atom stereocenters. The lowest BCUT2D eigenvalue weighted by Crippen LogP contribution is -2.35. The van der Waals surface area contributed by atoms with Crippen LogP contribution in [0.1, 0.15) is 35.4 Å². The molecule has 0 saturated carbocycles. The Morgan fingerprint density at radius 1 is 1.26 bits per heavy atom. The molecule has 31 heavy (non-hydrogen) atoms. The van der Waals surface area contributed by atoms with Crippen molar-refractivity contribution in [2.24, 2.45) is 0 Å². The highest BCUT2D eigenvalue weighted by Crippen LogP contribution is 2.32.